The molecule has 13 rings (SSSR count). The first-order valence-corrected chi connectivity index (χ1v) is 21.1. The van der Waals surface area contributed by atoms with Crippen LogP contribution in [0.3, 0.4) is 0 Å². The van der Waals surface area contributed by atoms with Crippen molar-refractivity contribution in [2.45, 2.75) is 5.41 Å². The number of benzene rings is 10. The zero-order valence-electron chi connectivity index (χ0n) is 33.2. The number of hydrogen-bond donors (Lipinski definition) is 0. The summed E-state index contributed by atoms with van der Waals surface area (Å²) in [5.41, 5.74) is 19.5. The lowest BCUT2D eigenvalue weighted by Gasteiger charge is -2.31. The quantitative estimate of drug-likeness (QED) is 0.173. The minimum absolute atomic E-state index is 0.462. The number of hydrogen-bond acceptors (Lipinski definition) is 2. The molecule has 61 heavy (non-hydrogen) atoms. The molecular formula is C59H37NO. The van der Waals surface area contributed by atoms with Gasteiger partial charge >= 0.3 is 0 Å². The second-order valence-corrected chi connectivity index (χ2v) is 16.3. The van der Waals surface area contributed by atoms with Gasteiger partial charge in [0.15, 0.2) is 5.58 Å². The summed E-state index contributed by atoms with van der Waals surface area (Å²) in [6, 6.07) is 82.0. The Morgan fingerprint density at radius 2 is 0.852 bits per heavy atom. The molecule has 0 saturated heterocycles. The Kier molecular flexibility index (Phi) is 7.26. The van der Waals surface area contributed by atoms with Crippen LogP contribution < -0.4 is 4.90 Å². The molecule has 2 nitrogen and oxygen atoms in total. The van der Waals surface area contributed by atoms with Crippen LogP contribution in [0, 0.1) is 0 Å². The van der Waals surface area contributed by atoms with Crippen molar-refractivity contribution < 1.29 is 4.42 Å². The molecule has 284 valence electrons. The molecular weight excluding hydrogens is 739 g/mol. The number of fused-ring (bicyclic) bond motifs is 15. The van der Waals surface area contributed by atoms with E-state index in [1.54, 1.807) is 0 Å². The third-order valence-electron chi connectivity index (χ3n) is 13.3. The average molecular weight is 776 g/mol. The first-order chi connectivity index (χ1) is 30.3. The molecule has 0 saturated carbocycles. The Bertz CT molecular complexity index is 3480. The SMILES string of the molecule is c1ccc(-c2ccc(N(c3cccc4c3-c3ccccc3C43c4ccccc4-c4ccccc43)c3cccc4c3oc3cc(-c5ccccc5)c5ccccc5c34)cc2)cc1. The Balaban J connectivity index is 1.11. The molecule has 0 radical (unpaired) electrons. The summed E-state index contributed by atoms with van der Waals surface area (Å²) in [5, 5.41) is 4.62. The van der Waals surface area contributed by atoms with Crippen molar-refractivity contribution >= 4 is 49.8 Å². The molecule has 0 amide bonds. The summed E-state index contributed by atoms with van der Waals surface area (Å²) in [6.07, 6.45) is 0. The fourth-order valence-electron chi connectivity index (χ4n) is 10.8. The summed E-state index contributed by atoms with van der Waals surface area (Å²) in [5.74, 6) is 0. The lowest BCUT2D eigenvalue weighted by Crippen LogP contribution is -2.26. The van der Waals surface area contributed by atoms with Crippen molar-refractivity contribution in [1.29, 1.82) is 0 Å². The van der Waals surface area contributed by atoms with E-state index in [-0.39, 0.29) is 0 Å². The highest BCUT2D eigenvalue weighted by atomic mass is 16.3. The Hall–Kier alpha value is -7.94. The van der Waals surface area contributed by atoms with Gasteiger partial charge in [0.1, 0.15) is 5.58 Å². The van der Waals surface area contributed by atoms with Crippen molar-refractivity contribution in [3.05, 3.63) is 247 Å². The van der Waals surface area contributed by atoms with Gasteiger partial charge in [-0.3, -0.25) is 0 Å². The highest BCUT2D eigenvalue weighted by molar-refractivity contribution is 6.24. The molecule has 1 heterocycles. The Morgan fingerprint density at radius 1 is 0.344 bits per heavy atom. The molecule has 0 atom stereocenters. The first kappa shape index (κ1) is 34.0. The predicted molar refractivity (Wildman–Crippen MR) is 253 cm³/mol. The van der Waals surface area contributed by atoms with Crippen molar-refractivity contribution in [3.63, 3.8) is 0 Å². The highest BCUT2D eigenvalue weighted by Gasteiger charge is 2.52. The van der Waals surface area contributed by atoms with E-state index in [0.29, 0.717) is 0 Å². The van der Waals surface area contributed by atoms with Crippen LogP contribution in [-0.2, 0) is 5.41 Å². The Labute approximate surface area is 354 Å². The minimum atomic E-state index is -0.462. The van der Waals surface area contributed by atoms with E-state index >= 15 is 0 Å². The van der Waals surface area contributed by atoms with Crippen molar-refractivity contribution in [2.75, 3.05) is 4.90 Å². The van der Waals surface area contributed by atoms with Crippen LogP contribution in [0.15, 0.2) is 229 Å². The van der Waals surface area contributed by atoms with Crippen LogP contribution in [-0.4, -0.2) is 0 Å². The van der Waals surface area contributed by atoms with Crippen molar-refractivity contribution in [3.8, 4) is 44.5 Å². The zero-order chi connectivity index (χ0) is 40.1. The topological polar surface area (TPSA) is 16.4 Å². The summed E-state index contributed by atoms with van der Waals surface area (Å²) in [6.45, 7) is 0. The maximum absolute atomic E-state index is 7.20. The van der Waals surface area contributed by atoms with Gasteiger partial charge in [-0.1, -0.05) is 194 Å². The molecule has 0 bridgehead atoms. The zero-order valence-corrected chi connectivity index (χ0v) is 33.2. The maximum atomic E-state index is 7.20. The van der Waals surface area contributed by atoms with E-state index in [4.69, 9.17) is 4.42 Å². The van der Waals surface area contributed by atoms with Gasteiger partial charge in [-0.15, -0.1) is 0 Å². The van der Waals surface area contributed by atoms with E-state index in [1.165, 1.54) is 72.0 Å². The van der Waals surface area contributed by atoms with Gasteiger partial charge in [0.25, 0.3) is 0 Å². The number of para-hydroxylation sites is 1. The van der Waals surface area contributed by atoms with Crippen LogP contribution in [0.25, 0.3) is 77.2 Å². The number of furan rings is 1. The largest absolute Gasteiger partial charge is 0.454 e. The van der Waals surface area contributed by atoms with Gasteiger partial charge < -0.3 is 9.32 Å². The minimum Gasteiger partial charge on any atom is -0.454 e. The van der Waals surface area contributed by atoms with Gasteiger partial charge in [0, 0.05) is 22.0 Å². The van der Waals surface area contributed by atoms with Crippen LogP contribution in [0.4, 0.5) is 17.1 Å². The van der Waals surface area contributed by atoms with Gasteiger partial charge in [0.2, 0.25) is 0 Å². The normalized spacial score (nSPS) is 13.0. The first-order valence-electron chi connectivity index (χ1n) is 21.1. The lowest BCUT2D eigenvalue weighted by atomic mass is 9.70. The fraction of sp³-hybridized carbons (Fsp3) is 0.0169. The van der Waals surface area contributed by atoms with E-state index < -0.39 is 5.41 Å². The monoisotopic (exact) mass is 775 g/mol. The molecule has 10 aromatic carbocycles. The third-order valence-corrected chi connectivity index (χ3v) is 13.3. The van der Waals surface area contributed by atoms with Gasteiger partial charge in [-0.25, -0.2) is 0 Å². The van der Waals surface area contributed by atoms with E-state index in [2.05, 4.69) is 229 Å². The van der Waals surface area contributed by atoms with Crippen molar-refractivity contribution in [2.24, 2.45) is 0 Å². The molecule has 1 spiro atoms. The summed E-state index contributed by atoms with van der Waals surface area (Å²) < 4.78 is 7.20. The van der Waals surface area contributed by atoms with E-state index in [0.717, 1.165) is 44.6 Å². The smallest absolute Gasteiger partial charge is 0.159 e. The lowest BCUT2D eigenvalue weighted by molar-refractivity contribution is 0.669. The van der Waals surface area contributed by atoms with Crippen LogP contribution in [0.2, 0.25) is 0 Å². The molecule has 2 heteroatoms. The summed E-state index contributed by atoms with van der Waals surface area (Å²) in [4.78, 5) is 2.45. The molecule has 0 aliphatic heterocycles. The van der Waals surface area contributed by atoms with Gasteiger partial charge in [-0.2, -0.15) is 0 Å². The predicted octanol–water partition coefficient (Wildman–Crippen LogP) is 15.9. The summed E-state index contributed by atoms with van der Waals surface area (Å²) in [7, 11) is 0. The molecule has 2 aliphatic rings. The van der Waals surface area contributed by atoms with Crippen molar-refractivity contribution in [1.82, 2.24) is 0 Å². The molecule has 11 aromatic rings. The molecule has 1 aromatic heterocycles. The number of nitrogens with zero attached hydrogens (tertiary/aromatic N) is 1. The third kappa shape index (κ3) is 4.73. The number of anilines is 3. The summed E-state index contributed by atoms with van der Waals surface area (Å²) >= 11 is 0. The molecule has 2 aliphatic carbocycles. The number of rotatable bonds is 5. The second kappa shape index (κ2) is 13.0. The van der Waals surface area contributed by atoms with Gasteiger partial charge in [0.05, 0.1) is 16.8 Å². The van der Waals surface area contributed by atoms with Crippen LogP contribution in [0.5, 0.6) is 0 Å². The maximum Gasteiger partial charge on any atom is 0.159 e. The Morgan fingerprint density at radius 3 is 1.56 bits per heavy atom. The van der Waals surface area contributed by atoms with E-state index in [9.17, 15) is 0 Å². The second-order valence-electron chi connectivity index (χ2n) is 16.3. The van der Waals surface area contributed by atoms with E-state index in [1.807, 2.05) is 0 Å². The standard InChI is InChI=1S/C59H37NO/c1-3-17-38(18-4-1)39-33-35-41(36-34-39)60(54-32-15-26-47-56-45-24-8-7-21-42(45)48(37-55(56)61-58(47)54)40-19-5-2-6-20-40)53-31-16-30-52-57(53)46-25-11-14-29-51(46)59(52)49-27-12-9-22-43(49)44-23-10-13-28-50(44)59/h1-37H. The van der Waals surface area contributed by atoms with Gasteiger partial charge in [-0.05, 0) is 102 Å². The molecule has 0 unspecified atom stereocenters. The molecule has 0 fully saturated rings. The average Bonchev–Trinajstić information content (AvgIpc) is 3.97. The van der Waals surface area contributed by atoms with Crippen LogP contribution in [0.1, 0.15) is 22.3 Å². The fourth-order valence-corrected chi connectivity index (χ4v) is 10.8. The van der Waals surface area contributed by atoms with Crippen LogP contribution >= 0.6 is 0 Å². The molecule has 0 N–H and O–H groups in total. The highest BCUT2D eigenvalue weighted by Crippen LogP contribution is 2.65.